The zero-order valence-electron chi connectivity index (χ0n) is 9.69. The van der Waals surface area contributed by atoms with E-state index in [-0.39, 0.29) is 5.78 Å². The molecular weight excluding hydrogens is 200 g/mol. The molecule has 0 spiro atoms. The first-order chi connectivity index (χ1) is 7.61. The van der Waals surface area contributed by atoms with Gasteiger partial charge in [-0.15, -0.1) is 0 Å². The lowest BCUT2D eigenvalue weighted by Crippen LogP contribution is -2.04. The molecule has 3 heteroatoms. The molecule has 0 aliphatic rings. The molecule has 0 amide bonds. The third-order valence-electron chi connectivity index (χ3n) is 2.77. The van der Waals surface area contributed by atoms with Crippen molar-refractivity contribution in [2.75, 3.05) is 0 Å². The summed E-state index contributed by atoms with van der Waals surface area (Å²) >= 11 is 0. The van der Waals surface area contributed by atoms with Gasteiger partial charge in [-0.05, 0) is 13.8 Å². The highest BCUT2D eigenvalue weighted by Crippen LogP contribution is 2.16. The number of nitrogens with zero attached hydrogens (tertiary/aromatic N) is 2. The Hall–Kier alpha value is -1.90. The van der Waals surface area contributed by atoms with Crippen LogP contribution in [0.1, 0.15) is 27.3 Å². The Morgan fingerprint density at radius 1 is 1.19 bits per heavy atom. The number of aryl methyl sites for hydroxylation is 2. The molecule has 2 aromatic rings. The maximum Gasteiger partial charge on any atom is 0.196 e. The summed E-state index contributed by atoms with van der Waals surface area (Å²) in [6, 6.07) is 9.30. The Kier molecular flexibility index (Phi) is 2.60. The van der Waals surface area contributed by atoms with Crippen LogP contribution in [0.15, 0.2) is 30.3 Å². The van der Waals surface area contributed by atoms with Crippen LogP contribution >= 0.6 is 0 Å². The van der Waals surface area contributed by atoms with Crippen LogP contribution in [-0.2, 0) is 7.05 Å². The van der Waals surface area contributed by atoms with Gasteiger partial charge in [0.15, 0.2) is 5.78 Å². The lowest BCUT2D eigenvalue weighted by atomic mass is 10.0. The third-order valence-corrected chi connectivity index (χ3v) is 2.77. The van der Waals surface area contributed by atoms with Crippen molar-refractivity contribution in [3.8, 4) is 0 Å². The molecule has 3 nitrogen and oxygen atoms in total. The van der Waals surface area contributed by atoms with E-state index in [9.17, 15) is 4.79 Å². The van der Waals surface area contributed by atoms with Gasteiger partial charge in [-0.25, -0.2) is 0 Å². The number of carbonyl (C=O) groups is 1. The topological polar surface area (TPSA) is 34.9 Å². The summed E-state index contributed by atoms with van der Waals surface area (Å²) < 4.78 is 1.74. The predicted molar refractivity (Wildman–Crippen MR) is 62.6 cm³/mol. The fourth-order valence-corrected chi connectivity index (χ4v) is 1.84. The van der Waals surface area contributed by atoms with Crippen molar-refractivity contribution in [3.05, 3.63) is 52.8 Å². The maximum atomic E-state index is 12.2. The molecule has 2 rings (SSSR count). The van der Waals surface area contributed by atoms with E-state index in [1.165, 1.54) is 0 Å². The molecule has 0 radical (unpaired) electrons. The van der Waals surface area contributed by atoms with E-state index in [0.717, 1.165) is 11.4 Å². The fraction of sp³-hybridized carbons (Fsp3) is 0.231. The van der Waals surface area contributed by atoms with Gasteiger partial charge < -0.3 is 0 Å². The van der Waals surface area contributed by atoms with Crippen LogP contribution in [-0.4, -0.2) is 15.6 Å². The van der Waals surface area contributed by atoms with Gasteiger partial charge in [-0.1, -0.05) is 30.3 Å². The molecule has 0 N–H and O–H groups in total. The van der Waals surface area contributed by atoms with Crippen molar-refractivity contribution >= 4 is 5.78 Å². The second kappa shape index (κ2) is 3.93. The maximum absolute atomic E-state index is 12.2. The second-order valence-electron chi connectivity index (χ2n) is 3.86. The number of hydrogen-bond donors (Lipinski definition) is 0. The van der Waals surface area contributed by atoms with Gasteiger partial charge in [-0.3, -0.25) is 9.48 Å². The molecule has 16 heavy (non-hydrogen) atoms. The number of carbonyl (C=O) groups excluding carboxylic acids is 1. The summed E-state index contributed by atoms with van der Waals surface area (Å²) in [5.74, 6) is 0.0451. The van der Waals surface area contributed by atoms with Crippen molar-refractivity contribution in [2.24, 2.45) is 7.05 Å². The van der Waals surface area contributed by atoms with Crippen LogP contribution in [0.25, 0.3) is 0 Å². The number of aromatic nitrogens is 2. The zero-order valence-corrected chi connectivity index (χ0v) is 9.69. The number of ketones is 1. The molecule has 0 bridgehead atoms. The van der Waals surface area contributed by atoms with Crippen molar-refractivity contribution in [1.29, 1.82) is 0 Å². The average molecular weight is 214 g/mol. The number of hydrogen-bond acceptors (Lipinski definition) is 2. The third kappa shape index (κ3) is 1.65. The molecule has 0 unspecified atom stereocenters. The van der Waals surface area contributed by atoms with E-state index >= 15 is 0 Å². The van der Waals surface area contributed by atoms with Gasteiger partial charge in [0, 0.05) is 18.3 Å². The first kappa shape index (κ1) is 10.6. The lowest BCUT2D eigenvalue weighted by Gasteiger charge is -2.01. The molecule has 0 aliphatic carbocycles. The van der Waals surface area contributed by atoms with Crippen molar-refractivity contribution in [1.82, 2.24) is 9.78 Å². The molecule has 1 aromatic heterocycles. The van der Waals surface area contributed by atoms with E-state index < -0.39 is 0 Å². The van der Waals surface area contributed by atoms with Crippen molar-refractivity contribution in [2.45, 2.75) is 13.8 Å². The molecular formula is C13H14N2O. The quantitative estimate of drug-likeness (QED) is 0.719. The highest BCUT2D eigenvalue weighted by atomic mass is 16.1. The molecule has 0 aliphatic heterocycles. The highest BCUT2D eigenvalue weighted by Gasteiger charge is 2.18. The van der Waals surface area contributed by atoms with Gasteiger partial charge in [0.25, 0.3) is 0 Å². The summed E-state index contributed by atoms with van der Waals surface area (Å²) in [6.45, 7) is 3.78. The van der Waals surface area contributed by atoms with Crippen LogP contribution in [0.2, 0.25) is 0 Å². The SMILES string of the molecule is Cc1nn(C)c(C)c1C(=O)c1ccccc1. The molecule has 0 saturated carbocycles. The largest absolute Gasteiger partial charge is 0.288 e. The van der Waals surface area contributed by atoms with Crippen LogP contribution in [0.4, 0.5) is 0 Å². The Morgan fingerprint density at radius 3 is 2.31 bits per heavy atom. The summed E-state index contributed by atoms with van der Waals surface area (Å²) in [6.07, 6.45) is 0. The standard InChI is InChI=1S/C13H14N2O/c1-9-12(10(2)15(3)14-9)13(16)11-7-5-4-6-8-11/h4-8H,1-3H3. The Labute approximate surface area is 94.7 Å². The summed E-state index contributed by atoms with van der Waals surface area (Å²) in [5, 5.41) is 4.25. The van der Waals surface area contributed by atoms with Crippen molar-refractivity contribution in [3.63, 3.8) is 0 Å². The minimum absolute atomic E-state index is 0.0451. The summed E-state index contributed by atoms with van der Waals surface area (Å²) in [5.41, 5.74) is 3.12. The Balaban J connectivity index is 2.50. The van der Waals surface area contributed by atoms with E-state index in [0.29, 0.717) is 11.1 Å². The second-order valence-corrected chi connectivity index (χ2v) is 3.86. The van der Waals surface area contributed by atoms with Gasteiger partial charge in [0.05, 0.1) is 11.3 Å². The predicted octanol–water partition coefficient (Wildman–Crippen LogP) is 2.27. The minimum atomic E-state index is 0.0451. The highest BCUT2D eigenvalue weighted by molar-refractivity contribution is 6.10. The Morgan fingerprint density at radius 2 is 1.81 bits per heavy atom. The van der Waals surface area contributed by atoms with Gasteiger partial charge in [0.2, 0.25) is 0 Å². The summed E-state index contributed by atoms with van der Waals surface area (Å²) in [7, 11) is 1.85. The molecule has 1 aromatic carbocycles. The summed E-state index contributed by atoms with van der Waals surface area (Å²) in [4.78, 5) is 12.2. The molecule has 0 saturated heterocycles. The van der Waals surface area contributed by atoms with Gasteiger partial charge in [-0.2, -0.15) is 5.10 Å². The number of benzene rings is 1. The van der Waals surface area contributed by atoms with E-state index in [2.05, 4.69) is 5.10 Å². The van der Waals surface area contributed by atoms with Gasteiger partial charge in [0.1, 0.15) is 0 Å². The van der Waals surface area contributed by atoms with E-state index in [4.69, 9.17) is 0 Å². The fourth-order valence-electron chi connectivity index (χ4n) is 1.84. The van der Waals surface area contributed by atoms with E-state index in [1.807, 2.05) is 51.2 Å². The van der Waals surface area contributed by atoms with Gasteiger partial charge >= 0.3 is 0 Å². The van der Waals surface area contributed by atoms with Crippen LogP contribution in [0.5, 0.6) is 0 Å². The normalized spacial score (nSPS) is 10.4. The van der Waals surface area contributed by atoms with E-state index in [1.54, 1.807) is 4.68 Å². The lowest BCUT2D eigenvalue weighted by molar-refractivity contribution is 0.103. The number of rotatable bonds is 2. The Bertz CT molecular complexity index is 526. The van der Waals surface area contributed by atoms with Crippen LogP contribution < -0.4 is 0 Å². The molecule has 0 atom stereocenters. The van der Waals surface area contributed by atoms with Crippen LogP contribution in [0, 0.1) is 13.8 Å². The zero-order chi connectivity index (χ0) is 11.7. The average Bonchev–Trinajstić information content (AvgIpc) is 2.54. The first-order valence-electron chi connectivity index (χ1n) is 5.21. The van der Waals surface area contributed by atoms with Crippen molar-refractivity contribution < 1.29 is 4.79 Å². The molecule has 1 heterocycles. The monoisotopic (exact) mass is 214 g/mol. The smallest absolute Gasteiger partial charge is 0.196 e. The first-order valence-corrected chi connectivity index (χ1v) is 5.21. The molecule has 0 fully saturated rings. The minimum Gasteiger partial charge on any atom is -0.288 e. The molecule has 82 valence electrons. The van der Waals surface area contributed by atoms with Crippen LogP contribution in [0.3, 0.4) is 0 Å².